The van der Waals surface area contributed by atoms with Gasteiger partial charge in [0.2, 0.25) is 0 Å². The Morgan fingerprint density at radius 1 is 1.32 bits per heavy atom. The molecular formula is C12H10F4O3. The zero-order valence-electron chi connectivity index (χ0n) is 9.67. The normalized spacial score (nSPS) is 20.4. The molecule has 104 valence electrons. The highest BCUT2D eigenvalue weighted by Gasteiger charge is 2.32. The van der Waals surface area contributed by atoms with Crippen LogP contribution in [-0.4, -0.2) is 18.8 Å². The first-order valence-electron chi connectivity index (χ1n) is 5.53. The topological polar surface area (TPSA) is 35.5 Å². The van der Waals surface area contributed by atoms with Crippen LogP contribution >= 0.6 is 0 Å². The van der Waals surface area contributed by atoms with Crippen LogP contribution in [0.15, 0.2) is 18.2 Å². The molecule has 1 aliphatic rings. The van der Waals surface area contributed by atoms with Crippen molar-refractivity contribution in [2.75, 3.05) is 6.61 Å². The van der Waals surface area contributed by atoms with E-state index in [2.05, 4.69) is 4.74 Å². The van der Waals surface area contributed by atoms with Gasteiger partial charge in [-0.3, -0.25) is 4.79 Å². The van der Waals surface area contributed by atoms with E-state index in [1.165, 1.54) is 6.07 Å². The number of benzene rings is 1. The molecule has 0 aliphatic carbocycles. The van der Waals surface area contributed by atoms with Crippen molar-refractivity contribution in [1.29, 1.82) is 0 Å². The molecule has 1 aromatic rings. The van der Waals surface area contributed by atoms with Gasteiger partial charge in [0, 0.05) is 12.8 Å². The van der Waals surface area contributed by atoms with E-state index < -0.39 is 24.0 Å². The van der Waals surface area contributed by atoms with Gasteiger partial charge in [-0.2, -0.15) is 0 Å². The minimum atomic E-state index is -4.94. The van der Waals surface area contributed by atoms with Crippen LogP contribution in [0.2, 0.25) is 0 Å². The Morgan fingerprint density at radius 3 is 2.63 bits per heavy atom. The number of carbonyl (C=O) groups excluding carboxylic acids is 1. The summed E-state index contributed by atoms with van der Waals surface area (Å²) in [4.78, 5) is 11.2. The minimum absolute atomic E-state index is 0.0210. The lowest BCUT2D eigenvalue weighted by Gasteiger charge is -2.22. The quantitative estimate of drug-likeness (QED) is 0.780. The Hall–Kier alpha value is -1.63. The first kappa shape index (κ1) is 13.8. The summed E-state index contributed by atoms with van der Waals surface area (Å²) >= 11 is 0. The molecule has 1 unspecified atom stereocenters. The van der Waals surface area contributed by atoms with Crippen molar-refractivity contribution in [3.8, 4) is 5.75 Å². The van der Waals surface area contributed by atoms with Gasteiger partial charge in [0.25, 0.3) is 0 Å². The van der Waals surface area contributed by atoms with Gasteiger partial charge in [-0.05, 0) is 17.7 Å². The summed E-state index contributed by atoms with van der Waals surface area (Å²) in [5, 5.41) is 0. The van der Waals surface area contributed by atoms with Gasteiger partial charge in [-0.25, -0.2) is 4.39 Å². The molecule has 0 aromatic heterocycles. The first-order chi connectivity index (χ1) is 8.85. The van der Waals surface area contributed by atoms with Gasteiger partial charge < -0.3 is 9.47 Å². The maximum atomic E-state index is 13.5. The average Bonchev–Trinajstić information content (AvgIpc) is 2.30. The molecule has 0 N–H and O–H groups in total. The van der Waals surface area contributed by atoms with Gasteiger partial charge in [-0.1, -0.05) is 6.07 Å². The molecule has 1 saturated heterocycles. The second-order valence-corrected chi connectivity index (χ2v) is 4.09. The molecular weight excluding hydrogens is 268 g/mol. The second-order valence-electron chi connectivity index (χ2n) is 4.09. The fourth-order valence-corrected chi connectivity index (χ4v) is 1.82. The van der Waals surface area contributed by atoms with Crippen LogP contribution in [0.3, 0.4) is 0 Å². The lowest BCUT2D eigenvalue weighted by Crippen LogP contribution is -2.20. The molecule has 0 spiro atoms. The first-order valence-corrected chi connectivity index (χ1v) is 5.53. The Bertz CT molecular complexity index is 484. The third-order valence-corrected chi connectivity index (χ3v) is 2.67. The van der Waals surface area contributed by atoms with Crippen molar-refractivity contribution in [2.45, 2.75) is 25.3 Å². The van der Waals surface area contributed by atoms with E-state index in [1.807, 2.05) is 0 Å². The summed E-state index contributed by atoms with van der Waals surface area (Å²) in [6.07, 6.45) is -5.16. The number of ether oxygens (including phenoxy) is 2. The molecule has 1 atom stereocenters. The van der Waals surface area contributed by atoms with E-state index >= 15 is 0 Å². The highest BCUT2D eigenvalue weighted by atomic mass is 19.4. The SMILES string of the molecule is O=C1CCOC(c2ccc(OC(F)(F)F)c(F)c2)C1. The molecule has 3 nitrogen and oxygen atoms in total. The van der Waals surface area contributed by atoms with Crippen LogP contribution in [0.1, 0.15) is 24.5 Å². The maximum absolute atomic E-state index is 13.5. The maximum Gasteiger partial charge on any atom is 0.573 e. The Kier molecular flexibility index (Phi) is 3.75. The number of carbonyl (C=O) groups is 1. The van der Waals surface area contributed by atoms with Crippen LogP contribution in [-0.2, 0) is 9.53 Å². The van der Waals surface area contributed by atoms with Crippen molar-refractivity contribution in [3.63, 3.8) is 0 Å². The Balaban J connectivity index is 2.16. The molecule has 1 aliphatic heterocycles. The smallest absolute Gasteiger partial charge is 0.403 e. The second kappa shape index (κ2) is 5.16. The predicted molar refractivity (Wildman–Crippen MR) is 56.0 cm³/mol. The van der Waals surface area contributed by atoms with Gasteiger partial charge in [0.1, 0.15) is 5.78 Å². The number of alkyl halides is 3. The zero-order chi connectivity index (χ0) is 14.0. The third-order valence-electron chi connectivity index (χ3n) is 2.67. The molecule has 7 heteroatoms. The predicted octanol–water partition coefficient (Wildman–Crippen LogP) is 3.14. The van der Waals surface area contributed by atoms with Crippen molar-refractivity contribution in [2.24, 2.45) is 0 Å². The van der Waals surface area contributed by atoms with Crippen molar-refractivity contribution in [1.82, 2.24) is 0 Å². The van der Waals surface area contributed by atoms with Crippen LogP contribution < -0.4 is 4.74 Å². The summed E-state index contributed by atoms with van der Waals surface area (Å²) in [5.41, 5.74) is 0.320. The van der Waals surface area contributed by atoms with Crippen molar-refractivity contribution in [3.05, 3.63) is 29.6 Å². The van der Waals surface area contributed by atoms with E-state index in [0.29, 0.717) is 12.0 Å². The molecule has 1 heterocycles. The van der Waals surface area contributed by atoms with E-state index in [4.69, 9.17) is 4.74 Å². The van der Waals surface area contributed by atoms with E-state index in [-0.39, 0.29) is 18.8 Å². The van der Waals surface area contributed by atoms with Gasteiger partial charge >= 0.3 is 6.36 Å². The summed E-state index contributed by atoms with van der Waals surface area (Å²) in [5.74, 6) is -2.07. The lowest BCUT2D eigenvalue weighted by molar-refractivity contribution is -0.275. The average molecular weight is 278 g/mol. The molecule has 1 fully saturated rings. The zero-order valence-corrected chi connectivity index (χ0v) is 9.67. The lowest BCUT2D eigenvalue weighted by atomic mass is 10.0. The molecule has 0 amide bonds. The largest absolute Gasteiger partial charge is 0.573 e. The van der Waals surface area contributed by atoms with E-state index in [0.717, 1.165) is 12.1 Å². The van der Waals surface area contributed by atoms with Gasteiger partial charge in [0.15, 0.2) is 11.6 Å². The minimum Gasteiger partial charge on any atom is -0.403 e. The molecule has 0 saturated carbocycles. The van der Waals surface area contributed by atoms with E-state index in [9.17, 15) is 22.4 Å². The number of hydrogen-bond acceptors (Lipinski definition) is 3. The van der Waals surface area contributed by atoms with Crippen LogP contribution in [0.5, 0.6) is 5.75 Å². The molecule has 19 heavy (non-hydrogen) atoms. The molecule has 0 radical (unpaired) electrons. The molecule has 2 rings (SSSR count). The standard InChI is InChI=1S/C12H10F4O3/c13-9-5-7(11-6-8(17)3-4-18-11)1-2-10(9)19-12(14,15)16/h1-2,5,11H,3-4,6H2. The fourth-order valence-electron chi connectivity index (χ4n) is 1.82. The summed E-state index contributed by atoms with van der Waals surface area (Å²) in [7, 11) is 0. The van der Waals surface area contributed by atoms with Gasteiger partial charge in [0.05, 0.1) is 12.7 Å². The van der Waals surface area contributed by atoms with E-state index in [1.54, 1.807) is 0 Å². The van der Waals surface area contributed by atoms with Crippen molar-refractivity contribution < 1.29 is 31.8 Å². The monoisotopic (exact) mass is 278 g/mol. The summed E-state index contributed by atoms with van der Waals surface area (Å²) < 4.78 is 58.2. The Labute approximate surface area is 106 Å². The summed E-state index contributed by atoms with van der Waals surface area (Å²) in [6.45, 7) is 0.228. The van der Waals surface area contributed by atoms with Crippen LogP contribution in [0.4, 0.5) is 17.6 Å². The molecule has 1 aromatic carbocycles. The number of ketones is 1. The number of hydrogen-bond donors (Lipinski definition) is 0. The third kappa shape index (κ3) is 3.66. The number of halogens is 4. The van der Waals surface area contributed by atoms with Crippen LogP contribution in [0.25, 0.3) is 0 Å². The highest BCUT2D eigenvalue weighted by Crippen LogP contribution is 2.31. The highest BCUT2D eigenvalue weighted by molar-refractivity contribution is 5.79. The number of Topliss-reactive ketones (excluding diaryl/α,β-unsaturated/α-hetero) is 1. The number of rotatable bonds is 2. The molecule has 0 bridgehead atoms. The van der Waals surface area contributed by atoms with Gasteiger partial charge in [-0.15, -0.1) is 13.2 Å². The fraction of sp³-hybridized carbons (Fsp3) is 0.417. The van der Waals surface area contributed by atoms with Crippen molar-refractivity contribution >= 4 is 5.78 Å². The van der Waals surface area contributed by atoms with Crippen LogP contribution in [0, 0.1) is 5.82 Å². The Morgan fingerprint density at radius 2 is 2.05 bits per heavy atom. The summed E-state index contributed by atoms with van der Waals surface area (Å²) in [6, 6.07) is 3.03.